The molecule has 11 heteroatoms. The lowest BCUT2D eigenvalue weighted by Crippen LogP contribution is -2.52. The second-order valence-corrected chi connectivity index (χ2v) is 10.6. The monoisotopic (exact) mass is 591 g/mol. The Bertz CT molecular complexity index is 1310. The van der Waals surface area contributed by atoms with Crippen molar-refractivity contribution in [2.45, 2.75) is 43.5 Å². The molecule has 0 spiro atoms. The molecule has 3 rings (SSSR count). The molecule has 8 N–H and O–H groups in total. The van der Waals surface area contributed by atoms with E-state index in [2.05, 4.69) is 15.4 Å². The molecule has 1 aliphatic carbocycles. The van der Waals surface area contributed by atoms with E-state index in [0.29, 0.717) is 18.6 Å². The molecule has 0 radical (unpaired) electrons. The highest BCUT2D eigenvalue weighted by Crippen LogP contribution is 2.15. The highest BCUT2D eigenvalue weighted by atomic mass is 32.2. The second-order valence-electron chi connectivity index (χ2n) is 9.83. The van der Waals surface area contributed by atoms with Gasteiger partial charge < -0.3 is 26.6 Å². The maximum atomic E-state index is 13.5. The van der Waals surface area contributed by atoms with Crippen LogP contribution in [-0.2, 0) is 26.6 Å². The minimum absolute atomic E-state index is 0.00754. The molecule has 10 nitrogen and oxygen atoms in total. The van der Waals surface area contributed by atoms with E-state index in [0.717, 1.165) is 16.7 Å². The molecule has 222 valence electrons. The summed E-state index contributed by atoms with van der Waals surface area (Å²) in [5.41, 5.74) is 8.36. The maximum Gasteiger partial charge on any atom is 0.303 e. The number of carbonyl (C=O) groups is 3. The number of amides is 2. The lowest BCUT2D eigenvalue weighted by Gasteiger charge is -2.23. The minimum atomic E-state index is -1.07. The van der Waals surface area contributed by atoms with Gasteiger partial charge in [-0.2, -0.15) is 0 Å². The Hall–Kier alpha value is -4.35. The third-order valence-electron chi connectivity index (χ3n) is 6.53. The molecule has 3 unspecified atom stereocenters. The molecule has 1 aliphatic rings. The van der Waals surface area contributed by atoms with Gasteiger partial charge >= 0.3 is 5.97 Å². The van der Waals surface area contributed by atoms with Crippen LogP contribution in [0.5, 0.6) is 5.75 Å². The predicted molar refractivity (Wildman–Crippen MR) is 165 cm³/mol. The van der Waals surface area contributed by atoms with E-state index in [1.54, 1.807) is 54.6 Å². The Morgan fingerprint density at radius 3 is 2.38 bits per heavy atom. The van der Waals surface area contributed by atoms with Gasteiger partial charge in [0.05, 0.1) is 12.0 Å². The van der Waals surface area contributed by atoms with Crippen molar-refractivity contribution < 1.29 is 24.6 Å². The summed E-state index contributed by atoms with van der Waals surface area (Å²) in [6.07, 6.45) is 9.42. The first-order valence-electron chi connectivity index (χ1n) is 13.6. The summed E-state index contributed by atoms with van der Waals surface area (Å²) in [5.74, 6) is -1.53. The smallest absolute Gasteiger partial charge is 0.303 e. The van der Waals surface area contributed by atoms with Crippen LogP contribution in [0.3, 0.4) is 0 Å². The number of rotatable bonds is 16. The van der Waals surface area contributed by atoms with Crippen LogP contribution >= 0.6 is 11.9 Å². The zero-order valence-electron chi connectivity index (χ0n) is 23.2. The molecule has 0 fully saturated rings. The number of carbonyl (C=O) groups excluding carboxylic acids is 2. The van der Waals surface area contributed by atoms with Gasteiger partial charge in [0.2, 0.25) is 11.8 Å². The van der Waals surface area contributed by atoms with Crippen molar-refractivity contribution in [3.8, 4) is 5.75 Å². The number of hydrogen-bond donors (Lipinski definition) is 7. The third-order valence-corrected chi connectivity index (χ3v) is 7.46. The van der Waals surface area contributed by atoms with Gasteiger partial charge in [-0.1, -0.05) is 84.8 Å². The molecule has 0 bridgehead atoms. The molecule has 0 saturated heterocycles. The van der Waals surface area contributed by atoms with E-state index in [9.17, 15) is 24.6 Å². The minimum Gasteiger partial charge on any atom is -0.508 e. The number of aromatic hydroxyl groups is 1. The van der Waals surface area contributed by atoms with Crippen LogP contribution in [0, 0.1) is 11.3 Å². The number of benzene rings is 2. The van der Waals surface area contributed by atoms with Crippen LogP contribution in [0.4, 0.5) is 0 Å². The fraction of sp³-hybridized carbons (Fsp3) is 0.290. The number of hydrogen-bond acceptors (Lipinski definition) is 7. The molecule has 0 aliphatic heterocycles. The van der Waals surface area contributed by atoms with Gasteiger partial charge in [0, 0.05) is 18.7 Å². The molecule has 0 heterocycles. The molecule has 0 saturated carbocycles. The third kappa shape index (κ3) is 11.3. The Morgan fingerprint density at radius 2 is 1.69 bits per heavy atom. The number of nitrogens with one attached hydrogen (secondary N) is 4. The second kappa shape index (κ2) is 16.8. The summed E-state index contributed by atoms with van der Waals surface area (Å²) in [6.45, 7) is 0.152. The highest BCUT2D eigenvalue weighted by Gasteiger charge is 2.26. The van der Waals surface area contributed by atoms with Crippen molar-refractivity contribution in [1.82, 2.24) is 15.4 Å². The van der Waals surface area contributed by atoms with Gasteiger partial charge in [-0.3, -0.25) is 24.5 Å². The molecular formula is C31H37N5O5S. The van der Waals surface area contributed by atoms with Crippen LogP contribution in [-0.4, -0.2) is 52.5 Å². The number of nitrogens with two attached hydrogens (primary N) is 1. The maximum absolute atomic E-state index is 13.5. The number of aliphatic carboxylic acids is 1. The summed E-state index contributed by atoms with van der Waals surface area (Å²) in [7, 11) is 0. The zero-order valence-corrected chi connectivity index (χ0v) is 24.0. The van der Waals surface area contributed by atoms with E-state index >= 15 is 0 Å². The zero-order chi connectivity index (χ0) is 30.3. The predicted octanol–water partition coefficient (Wildman–Crippen LogP) is 3.20. The summed E-state index contributed by atoms with van der Waals surface area (Å²) < 4.78 is 3.22. The van der Waals surface area contributed by atoms with Crippen LogP contribution < -0.4 is 21.1 Å². The van der Waals surface area contributed by atoms with Gasteiger partial charge in [0.1, 0.15) is 17.6 Å². The van der Waals surface area contributed by atoms with Crippen LogP contribution in [0.1, 0.15) is 30.4 Å². The summed E-state index contributed by atoms with van der Waals surface area (Å²) in [5, 5.41) is 32.0. The van der Waals surface area contributed by atoms with Gasteiger partial charge in [-0.15, -0.1) is 0 Å². The van der Waals surface area contributed by atoms with Crippen molar-refractivity contribution >= 4 is 35.6 Å². The Balaban J connectivity index is 1.66. The van der Waals surface area contributed by atoms with E-state index in [1.165, 1.54) is 11.9 Å². The quantitative estimate of drug-likeness (QED) is 0.0884. The van der Waals surface area contributed by atoms with Gasteiger partial charge in [-0.25, -0.2) is 0 Å². The first-order chi connectivity index (χ1) is 20.2. The first kappa shape index (κ1) is 32.2. The summed E-state index contributed by atoms with van der Waals surface area (Å²) >= 11 is 1.38. The molecule has 42 heavy (non-hydrogen) atoms. The Labute approximate surface area is 249 Å². The number of aryl methyl sites for hydroxylation is 1. The van der Waals surface area contributed by atoms with Crippen molar-refractivity contribution in [3.05, 3.63) is 102 Å². The molecule has 2 amide bonds. The molecule has 2 aromatic rings. The van der Waals surface area contributed by atoms with Crippen molar-refractivity contribution in [3.63, 3.8) is 0 Å². The SMILES string of the molecule is N=C(N)C1C=CC=C(CNC(=O)C(CCC(=O)O)NC(=O)C(CCc2ccc(O)cc2)NSCc2ccccc2)C=C1. The number of amidine groups is 1. The molecule has 3 atom stereocenters. The Morgan fingerprint density at radius 1 is 0.952 bits per heavy atom. The number of phenols is 1. The molecule has 0 aromatic heterocycles. The molecular weight excluding hydrogens is 554 g/mol. The number of allylic oxidation sites excluding steroid dienone is 2. The lowest BCUT2D eigenvalue weighted by molar-refractivity contribution is -0.138. The summed E-state index contributed by atoms with van der Waals surface area (Å²) in [4.78, 5) is 37.9. The van der Waals surface area contributed by atoms with Gasteiger partial charge in [-0.05, 0) is 48.1 Å². The Kier molecular flexibility index (Phi) is 12.9. The van der Waals surface area contributed by atoms with E-state index in [-0.39, 0.29) is 36.9 Å². The van der Waals surface area contributed by atoms with Crippen molar-refractivity contribution in [2.75, 3.05) is 6.54 Å². The average Bonchev–Trinajstić information content (AvgIpc) is 3.23. The number of phenolic OH excluding ortho intramolecular Hbond substituents is 1. The van der Waals surface area contributed by atoms with Crippen LogP contribution in [0.2, 0.25) is 0 Å². The highest BCUT2D eigenvalue weighted by molar-refractivity contribution is 7.96. The van der Waals surface area contributed by atoms with Gasteiger partial charge in [0.15, 0.2) is 0 Å². The van der Waals surface area contributed by atoms with Crippen LogP contribution in [0.15, 0.2) is 90.6 Å². The normalized spacial score (nSPS) is 15.6. The number of carboxylic acids is 1. The fourth-order valence-corrected chi connectivity index (χ4v) is 4.98. The van der Waals surface area contributed by atoms with E-state index in [4.69, 9.17) is 11.1 Å². The topological polar surface area (TPSA) is 178 Å². The first-order valence-corrected chi connectivity index (χ1v) is 14.6. The average molecular weight is 592 g/mol. The molecule has 2 aromatic carbocycles. The van der Waals surface area contributed by atoms with Crippen molar-refractivity contribution in [2.24, 2.45) is 11.7 Å². The standard InChI is InChI=1S/C31H37N5O5S/c32-29(33)24-8-4-7-22(9-13-24)19-34-30(40)26(17-18-28(38)39)35-31(41)27(16-12-21-10-14-25(37)15-11-21)36-42-20-23-5-2-1-3-6-23/h1-11,13-15,24,26-27,36-37H,12,16-20H2,(H3,32,33)(H,34,40)(H,35,41)(H,38,39). The van der Waals surface area contributed by atoms with E-state index < -0.39 is 29.9 Å². The lowest BCUT2D eigenvalue weighted by atomic mass is 10.0. The van der Waals surface area contributed by atoms with Crippen molar-refractivity contribution in [1.29, 1.82) is 5.41 Å². The van der Waals surface area contributed by atoms with E-state index in [1.807, 2.05) is 30.3 Å². The number of carboxylic acid groups (broad SMARTS) is 1. The largest absolute Gasteiger partial charge is 0.508 e. The van der Waals surface area contributed by atoms with Gasteiger partial charge in [0.25, 0.3) is 0 Å². The van der Waals surface area contributed by atoms with Crippen LogP contribution in [0.25, 0.3) is 0 Å². The fourth-order valence-electron chi connectivity index (χ4n) is 4.11. The summed E-state index contributed by atoms with van der Waals surface area (Å²) in [6, 6.07) is 14.8.